The van der Waals surface area contributed by atoms with Gasteiger partial charge in [-0.25, -0.2) is 14.5 Å². The molecular weight excluding hydrogens is 358 g/mol. The SMILES string of the molecule is CCOc1ccc(C(=O)NCCc2cn3nc(C)c(C)nc3n2)cc1OCC. The Labute approximate surface area is 163 Å². The van der Waals surface area contributed by atoms with E-state index in [1.165, 1.54) is 0 Å². The summed E-state index contributed by atoms with van der Waals surface area (Å²) in [7, 11) is 0. The molecule has 148 valence electrons. The van der Waals surface area contributed by atoms with Crippen molar-refractivity contribution in [2.24, 2.45) is 0 Å². The molecule has 0 fully saturated rings. The first-order valence-corrected chi connectivity index (χ1v) is 9.39. The van der Waals surface area contributed by atoms with Crippen LogP contribution in [0.1, 0.15) is 41.3 Å². The lowest BCUT2D eigenvalue weighted by atomic mass is 10.2. The Kier molecular flexibility index (Phi) is 6.08. The van der Waals surface area contributed by atoms with Gasteiger partial charge in [0.1, 0.15) is 0 Å². The quantitative estimate of drug-likeness (QED) is 0.643. The van der Waals surface area contributed by atoms with Gasteiger partial charge in [-0.15, -0.1) is 0 Å². The average molecular weight is 383 g/mol. The number of rotatable bonds is 8. The van der Waals surface area contributed by atoms with Gasteiger partial charge in [0.25, 0.3) is 11.7 Å². The van der Waals surface area contributed by atoms with E-state index < -0.39 is 0 Å². The smallest absolute Gasteiger partial charge is 0.251 e. The molecule has 2 aromatic heterocycles. The number of carbonyl (C=O) groups excluding carboxylic acids is 1. The third-order valence-electron chi connectivity index (χ3n) is 4.24. The summed E-state index contributed by atoms with van der Waals surface area (Å²) in [6.45, 7) is 9.11. The van der Waals surface area contributed by atoms with Crippen LogP contribution in [-0.2, 0) is 6.42 Å². The van der Waals surface area contributed by atoms with Crippen LogP contribution in [0.4, 0.5) is 0 Å². The van der Waals surface area contributed by atoms with Crippen molar-refractivity contribution >= 4 is 11.7 Å². The van der Waals surface area contributed by atoms with E-state index >= 15 is 0 Å². The molecule has 0 aliphatic heterocycles. The molecule has 1 N–H and O–H groups in total. The van der Waals surface area contributed by atoms with Crippen LogP contribution in [-0.4, -0.2) is 45.2 Å². The topological polar surface area (TPSA) is 90.6 Å². The summed E-state index contributed by atoms with van der Waals surface area (Å²) in [5, 5.41) is 7.33. The van der Waals surface area contributed by atoms with Gasteiger partial charge in [-0.3, -0.25) is 4.79 Å². The first-order chi connectivity index (χ1) is 13.5. The third-order valence-corrected chi connectivity index (χ3v) is 4.24. The number of aryl methyl sites for hydroxylation is 2. The second kappa shape index (κ2) is 8.69. The molecule has 28 heavy (non-hydrogen) atoms. The Bertz CT molecular complexity index is 944. The van der Waals surface area contributed by atoms with Crippen LogP contribution in [0.3, 0.4) is 0 Å². The molecule has 3 rings (SSSR count). The molecule has 2 heterocycles. The Morgan fingerprint density at radius 2 is 1.82 bits per heavy atom. The minimum atomic E-state index is -0.171. The van der Waals surface area contributed by atoms with Gasteiger partial charge in [-0.05, 0) is 45.9 Å². The molecule has 0 saturated heterocycles. The van der Waals surface area contributed by atoms with Gasteiger partial charge >= 0.3 is 0 Å². The molecule has 0 radical (unpaired) electrons. The minimum absolute atomic E-state index is 0.171. The number of hydrogen-bond donors (Lipinski definition) is 1. The maximum atomic E-state index is 12.5. The van der Waals surface area contributed by atoms with Crippen molar-refractivity contribution in [3.05, 3.63) is 47.0 Å². The zero-order valence-corrected chi connectivity index (χ0v) is 16.7. The van der Waals surface area contributed by atoms with Crippen molar-refractivity contribution < 1.29 is 14.3 Å². The summed E-state index contributed by atoms with van der Waals surface area (Å²) in [5.41, 5.74) is 3.08. The number of hydrogen-bond acceptors (Lipinski definition) is 6. The van der Waals surface area contributed by atoms with Gasteiger partial charge in [0.05, 0.1) is 36.5 Å². The van der Waals surface area contributed by atoms with Gasteiger partial charge in [-0.1, -0.05) is 0 Å². The molecule has 0 spiro atoms. The van der Waals surface area contributed by atoms with Gasteiger partial charge in [0, 0.05) is 18.5 Å². The fraction of sp³-hybridized carbons (Fsp3) is 0.400. The van der Waals surface area contributed by atoms with E-state index in [-0.39, 0.29) is 5.91 Å². The normalized spacial score (nSPS) is 10.9. The van der Waals surface area contributed by atoms with E-state index in [1.54, 1.807) is 22.7 Å². The highest BCUT2D eigenvalue weighted by Crippen LogP contribution is 2.28. The van der Waals surface area contributed by atoms with E-state index in [2.05, 4.69) is 20.4 Å². The predicted molar refractivity (Wildman–Crippen MR) is 105 cm³/mol. The number of fused-ring (bicyclic) bond motifs is 1. The maximum absolute atomic E-state index is 12.5. The molecule has 0 bridgehead atoms. The van der Waals surface area contributed by atoms with E-state index in [0.717, 1.165) is 17.1 Å². The molecule has 1 amide bonds. The zero-order valence-electron chi connectivity index (χ0n) is 16.7. The van der Waals surface area contributed by atoms with E-state index in [4.69, 9.17) is 9.47 Å². The third kappa shape index (κ3) is 4.39. The molecule has 0 atom stereocenters. The first kappa shape index (κ1) is 19.6. The van der Waals surface area contributed by atoms with Crippen molar-refractivity contribution in [3.63, 3.8) is 0 Å². The van der Waals surface area contributed by atoms with Gasteiger partial charge in [0.2, 0.25) is 0 Å². The number of ether oxygens (including phenoxy) is 2. The molecule has 8 nitrogen and oxygen atoms in total. The standard InChI is InChI=1S/C20H25N5O3/c1-5-27-17-8-7-15(11-18(17)28-6-2)19(26)21-10-9-16-12-25-20(23-16)22-13(3)14(4)24-25/h7-8,11-12H,5-6,9-10H2,1-4H3,(H,21,26). The second-order valence-electron chi connectivity index (χ2n) is 6.29. The lowest BCUT2D eigenvalue weighted by Gasteiger charge is -2.12. The highest BCUT2D eigenvalue weighted by molar-refractivity contribution is 5.94. The van der Waals surface area contributed by atoms with Gasteiger partial charge in [-0.2, -0.15) is 5.10 Å². The minimum Gasteiger partial charge on any atom is -0.490 e. The van der Waals surface area contributed by atoms with Crippen molar-refractivity contribution in [1.29, 1.82) is 0 Å². The van der Waals surface area contributed by atoms with Crippen molar-refractivity contribution in [2.45, 2.75) is 34.1 Å². The molecule has 0 unspecified atom stereocenters. The van der Waals surface area contributed by atoms with Crippen LogP contribution < -0.4 is 14.8 Å². The fourth-order valence-electron chi connectivity index (χ4n) is 2.74. The predicted octanol–water partition coefficient (Wildman–Crippen LogP) is 2.51. The number of benzene rings is 1. The summed E-state index contributed by atoms with van der Waals surface area (Å²) in [6, 6.07) is 5.19. The van der Waals surface area contributed by atoms with Crippen LogP contribution in [0.15, 0.2) is 24.4 Å². The largest absolute Gasteiger partial charge is 0.490 e. The first-order valence-electron chi connectivity index (χ1n) is 9.39. The summed E-state index contributed by atoms with van der Waals surface area (Å²) < 4.78 is 12.8. The number of aromatic nitrogens is 4. The summed E-state index contributed by atoms with van der Waals surface area (Å²) in [6.07, 6.45) is 2.43. The molecule has 0 aliphatic rings. The van der Waals surface area contributed by atoms with Crippen molar-refractivity contribution in [1.82, 2.24) is 24.9 Å². The Morgan fingerprint density at radius 3 is 2.57 bits per heavy atom. The Morgan fingerprint density at radius 1 is 1.07 bits per heavy atom. The van der Waals surface area contributed by atoms with E-state index in [9.17, 15) is 4.79 Å². The molecule has 1 aromatic carbocycles. The monoisotopic (exact) mass is 383 g/mol. The molecule has 0 saturated carbocycles. The van der Waals surface area contributed by atoms with Crippen LogP contribution >= 0.6 is 0 Å². The number of nitrogens with zero attached hydrogens (tertiary/aromatic N) is 4. The lowest BCUT2D eigenvalue weighted by molar-refractivity contribution is 0.0953. The van der Waals surface area contributed by atoms with Crippen molar-refractivity contribution in [2.75, 3.05) is 19.8 Å². The highest BCUT2D eigenvalue weighted by Gasteiger charge is 2.12. The van der Waals surface area contributed by atoms with Gasteiger partial charge in [0.15, 0.2) is 11.5 Å². The summed E-state index contributed by atoms with van der Waals surface area (Å²) >= 11 is 0. The van der Waals surface area contributed by atoms with Crippen LogP contribution in [0.2, 0.25) is 0 Å². The number of nitrogens with one attached hydrogen (secondary N) is 1. The Hall–Kier alpha value is -3.16. The second-order valence-corrected chi connectivity index (χ2v) is 6.29. The average Bonchev–Trinajstić information content (AvgIpc) is 3.05. The fourth-order valence-corrected chi connectivity index (χ4v) is 2.74. The molecule has 3 aromatic rings. The zero-order chi connectivity index (χ0) is 20.1. The van der Waals surface area contributed by atoms with Gasteiger partial charge < -0.3 is 14.8 Å². The highest BCUT2D eigenvalue weighted by atomic mass is 16.5. The van der Waals surface area contributed by atoms with Crippen molar-refractivity contribution in [3.8, 4) is 11.5 Å². The number of carbonyl (C=O) groups is 1. The number of imidazole rings is 1. The van der Waals surface area contributed by atoms with Crippen LogP contribution in [0.25, 0.3) is 5.78 Å². The number of amides is 1. The Balaban J connectivity index is 1.63. The molecular formula is C20H25N5O3. The van der Waals surface area contributed by atoms with Crippen LogP contribution in [0.5, 0.6) is 11.5 Å². The van der Waals surface area contributed by atoms with Crippen LogP contribution in [0, 0.1) is 13.8 Å². The maximum Gasteiger partial charge on any atom is 0.251 e. The molecule has 0 aliphatic carbocycles. The summed E-state index contributed by atoms with van der Waals surface area (Å²) in [4.78, 5) is 21.3. The van der Waals surface area contributed by atoms with E-state index in [0.29, 0.717) is 49.0 Å². The molecule has 8 heteroatoms. The summed E-state index contributed by atoms with van der Waals surface area (Å²) in [5.74, 6) is 1.60. The lowest BCUT2D eigenvalue weighted by Crippen LogP contribution is -2.25. The van der Waals surface area contributed by atoms with E-state index in [1.807, 2.05) is 33.9 Å².